The Kier molecular flexibility index (Phi) is 6.16. The first-order valence-corrected chi connectivity index (χ1v) is 11.0. The minimum atomic E-state index is -3.76. The molecule has 0 radical (unpaired) electrons. The number of hydrogen-bond acceptors (Lipinski definition) is 3. The van der Waals surface area contributed by atoms with Gasteiger partial charge in [0.2, 0.25) is 0 Å². The summed E-state index contributed by atoms with van der Waals surface area (Å²) in [6.07, 6.45) is 5.00. The van der Waals surface area contributed by atoms with E-state index in [4.69, 9.17) is 0 Å². The Hall–Kier alpha value is -2.34. The van der Waals surface area contributed by atoms with Crippen LogP contribution in [0.15, 0.2) is 53.4 Å². The molecular formula is C21H26N2O3S. The summed E-state index contributed by atoms with van der Waals surface area (Å²) in [6.45, 7) is 3.45. The number of nitrogens with zero attached hydrogens (tertiary/aromatic N) is 1. The topological polar surface area (TPSA) is 66.5 Å². The van der Waals surface area contributed by atoms with Gasteiger partial charge in [0.1, 0.15) is 0 Å². The number of rotatable bonds is 5. The lowest BCUT2D eigenvalue weighted by molar-refractivity contribution is 0.0761. The van der Waals surface area contributed by atoms with Crippen molar-refractivity contribution >= 4 is 21.6 Å². The van der Waals surface area contributed by atoms with E-state index in [0.29, 0.717) is 11.3 Å². The van der Waals surface area contributed by atoms with Crippen molar-refractivity contribution in [3.05, 3.63) is 59.7 Å². The second kappa shape index (κ2) is 8.57. The molecule has 0 atom stereocenters. The highest BCUT2D eigenvalue weighted by Crippen LogP contribution is 2.22. The maximum Gasteiger partial charge on any atom is 0.261 e. The van der Waals surface area contributed by atoms with E-state index in [2.05, 4.69) is 4.72 Å². The molecule has 0 unspecified atom stereocenters. The van der Waals surface area contributed by atoms with E-state index < -0.39 is 10.0 Å². The highest BCUT2D eigenvalue weighted by molar-refractivity contribution is 7.92. The molecule has 2 aromatic rings. The molecule has 6 heteroatoms. The zero-order valence-electron chi connectivity index (χ0n) is 15.6. The third-order valence-corrected chi connectivity index (χ3v) is 6.29. The standard InChI is InChI=1S/C21H26N2O3S/c1-2-17-10-5-6-13-20(17)22-27(25,26)19-12-9-11-18(16-19)21(24)23-14-7-3-4-8-15-23/h5-6,9-13,16,22H,2-4,7-8,14-15H2,1H3. The summed E-state index contributed by atoms with van der Waals surface area (Å²) in [5.74, 6) is -0.0945. The van der Waals surface area contributed by atoms with Crippen LogP contribution in [0, 0.1) is 0 Å². The Morgan fingerprint density at radius 2 is 1.70 bits per heavy atom. The third-order valence-electron chi connectivity index (χ3n) is 4.93. The fourth-order valence-electron chi connectivity index (χ4n) is 3.38. The van der Waals surface area contributed by atoms with Crippen LogP contribution in [-0.4, -0.2) is 32.3 Å². The molecule has 0 spiro atoms. The molecule has 1 amide bonds. The molecule has 1 fully saturated rings. The van der Waals surface area contributed by atoms with Gasteiger partial charge < -0.3 is 4.90 Å². The van der Waals surface area contributed by atoms with Crippen LogP contribution in [0.25, 0.3) is 0 Å². The van der Waals surface area contributed by atoms with Crippen LogP contribution in [0.2, 0.25) is 0 Å². The second-order valence-electron chi connectivity index (χ2n) is 6.85. The largest absolute Gasteiger partial charge is 0.339 e. The fourth-order valence-corrected chi connectivity index (χ4v) is 4.53. The van der Waals surface area contributed by atoms with Crippen molar-refractivity contribution in [2.75, 3.05) is 17.8 Å². The third kappa shape index (κ3) is 4.69. The van der Waals surface area contributed by atoms with Crippen LogP contribution in [0.4, 0.5) is 5.69 Å². The maximum atomic E-state index is 12.8. The van der Waals surface area contributed by atoms with Gasteiger partial charge in [-0.15, -0.1) is 0 Å². The minimum absolute atomic E-state index is 0.0945. The van der Waals surface area contributed by atoms with Crippen molar-refractivity contribution in [1.82, 2.24) is 4.90 Å². The molecule has 0 bridgehead atoms. The zero-order valence-corrected chi connectivity index (χ0v) is 16.5. The molecule has 1 saturated heterocycles. The summed E-state index contributed by atoms with van der Waals surface area (Å²) < 4.78 is 28.3. The zero-order chi connectivity index (χ0) is 19.3. The van der Waals surface area contributed by atoms with E-state index in [1.165, 1.54) is 12.1 Å². The van der Waals surface area contributed by atoms with E-state index in [1.54, 1.807) is 24.3 Å². The molecule has 2 aromatic carbocycles. The Balaban J connectivity index is 1.84. The molecule has 144 valence electrons. The number of aryl methyl sites for hydroxylation is 1. The number of amides is 1. The van der Waals surface area contributed by atoms with Gasteiger partial charge in [0.25, 0.3) is 15.9 Å². The van der Waals surface area contributed by atoms with E-state index in [9.17, 15) is 13.2 Å². The van der Waals surface area contributed by atoms with E-state index in [0.717, 1.165) is 50.8 Å². The van der Waals surface area contributed by atoms with Gasteiger partial charge >= 0.3 is 0 Å². The minimum Gasteiger partial charge on any atom is -0.339 e. The van der Waals surface area contributed by atoms with Crippen LogP contribution in [0.5, 0.6) is 0 Å². The van der Waals surface area contributed by atoms with Gasteiger partial charge in [0, 0.05) is 18.7 Å². The van der Waals surface area contributed by atoms with Crippen molar-refractivity contribution in [2.45, 2.75) is 43.9 Å². The number of sulfonamides is 1. The number of anilines is 1. The number of hydrogen-bond donors (Lipinski definition) is 1. The molecule has 0 saturated carbocycles. The first-order chi connectivity index (χ1) is 13.0. The maximum absolute atomic E-state index is 12.8. The molecule has 0 aromatic heterocycles. The van der Waals surface area contributed by atoms with Gasteiger partial charge in [-0.2, -0.15) is 0 Å². The average molecular weight is 387 g/mol. The smallest absolute Gasteiger partial charge is 0.261 e. The summed E-state index contributed by atoms with van der Waals surface area (Å²) in [5, 5.41) is 0. The molecule has 0 aliphatic carbocycles. The van der Waals surface area contributed by atoms with E-state index in [1.807, 2.05) is 24.0 Å². The molecule has 1 heterocycles. The highest BCUT2D eigenvalue weighted by Gasteiger charge is 2.21. The Morgan fingerprint density at radius 3 is 2.41 bits per heavy atom. The van der Waals surface area contributed by atoms with Crippen LogP contribution in [0.3, 0.4) is 0 Å². The fraction of sp³-hybridized carbons (Fsp3) is 0.381. The van der Waals surface area contributed by atoms with Crippen molar-refractivity contribution < 1.29 is 13.2 Å². The molecule has 1 N–H and O–H groups in total. The van der Waals surface area contributed by atoms with Crippen LogP contribution < -0.4 is 4.72 Å². The highest BCUT2D eigenvalue weighted by atomic mass is 32.2. The van der Waals surface area contributed by atoms with E-state index in [-0.39, 0.29) is 10.8 Å². The van der Waals surface area contributed by atoms with E-state index >= 15 is 0 Å². The molecular weight excluding hydrogens is 360 g/mol. The number of nitrogens with one attached hydrogen (secondary N) is 1. The average Bonchev–Trinajstić information content (AvgIpc) is 2.97. The summed E-state index contributed by atoms with van der Waals surface area (Å²) in [5.41, 5.74) is 1.92. The Morgan fingerprint density at radius 1 is 1.00 bits per heavy atom. The SMILES string of the molecule is CCc1ccccc1NS(=O)(=O)c1cccc(C(=O)N2CCCCCC2)c1. The Bertz CT molecular complexity index is 901. The summed E-state index contributed by atoms with van der Waals surface area (Å²) in [4.78, 5) is 14.7. The lowest BCUT2D eigenvalue weighted by Crippen LogP contribution is -2.32. The van der Waals surface area contributed by atoms with Crippen molar-refractivity contribution in [3.63, 3.8) is 0 Å². The molecule has 27 heavy (non-hydrogen) atoms. The number of carbonyl (C=O) groups excluding carboxylic acids is 1. The first-order valence-electron chi connectivity index (χ1n) is 9.51. The molecule has 5 nitrogen and oxygen atoms in total. The van der Waals surface area contributed by atoms with Gasteiger partial charge in [0.15, 0.2) is 0 Å². The molecule has 1 aliphatic rings. The van der Waals surface area contributed by atoms with Crippen molar-refractivity contribution in [3.8, 4) is 0 Å². The van der Waals surface area contributed by atoms with Crippen LogP contribution in [-0.2, 0) is 16.4 Å². The monoisotopic (exact) mass is 386 g/mol. The van der Waals surface area contributed by atoms with Gasteiger partial charge in [-0.3, -0.25) is 9.52 Å². The van der Waals surface area contributed by atoms with Gasteiger partial charge in [-0.1, -0.05) is 44.0 Å². The number of likely N-dealkylation sites (tertiary alicyclic amines) is 1. The van der Waals surface area contributed by atoms with Gasteiger partial charge in [-0.05, 0) is 49.1 Å². The predicted octanol–water partition coefficient (Wildman–Crippen LogP) is 4.07. The summed E-state index contributed by atoms with van der Waals surface area (Å²) in [7, 11) is -3.76. The summed E-state index contributed by atoms with van der Waals surface area (Å²) >= 11 is 0. The lowest BCUT2D eigenvalue weighted by Gasteiger charge is -2.20. The number of carbonyl (C=O) groups is 1. The van der Waals surface area contributed by atoms with Crippen molar-refractivity contribution in [2.24, 2.45) is 0 Å². The van der Waals surface area contributed by atoms with Crippen LogP contribution in [0.1, 0.15) is 48.5 Å². The Labute approximate surface area is 161 Å². The van der Waals surface area contributed by atoms with Gasteiger partial charge in [0.05, 0.1) is 10.6 Å². The number of benzene rings is 2. The first kappa shape index (κ1) is 19.4. The number of para-hydroxylation sites is 1. The second-order valence-corrected chi connectivity index (χ2v) is 8.53. The van der Waals surface area contributed by atoms with Crippen LogP contribution >= 0.6 is 0 Å². The van der Waals surface area contributed by atoms with Gasteiger partial charge in [-0.25, -0.2) is 8.42 Å². The summed E-state index contributed by atoms with van der Waals surface area (Å²) in [6, 6.07) is 13.7. The molecule has 1 aliphatic heterocycles. The quantitative estimate of drug-likeness (QED) is 0.842. The normalized spacial score (nSPS) is 15.2. The predicted molar refractivity (Wildman–Crippen MR) is 107 cm³/mol. The molecule has 3 rings (SSSR count). The lowest BCUT2D eigenvalue weighted by atomic mass is 10.1. The van der Waals surface area contributed by atoms with Crippen molar-refractivity contribution in [1.29, 1.82) is 0 Å².